The maximum absolute atomic E-state index is 5.67. The highest BCUT2D eigenvalue weighted by atomic mass is 15.1. The van der Waals surface area contributed by atoms with Gasteiger partial charge in [-0.3, -0.25) is 0 Å². The molecule has 2 N–H and O–H groups in total. The molecule has 0 saturated heterocycles. The van der Waals surface area contributed by atoms with E-state index in [1.54, 1.807) is 0 Å². The molecule has 0 bridgehead atoms. The lowest BCUT2D eigenvalue weighted by atomic mass is 9.93. The fourth-order valence-electron chi connectivity index (χ4n) is 1.34. The van der Waals surface area contributed by atoms with E-state index < -0.39 is 0 Å². The zero-order valence-electron chi connectivity index (χ0n) is 9.56. The molecule has 0 aromatic carbocycles. The minimum atomic E-state index is 0.211. The quantitative estimate of drug-likeness (QED) is 0.639. The van der Waals surface area contributed by atoms with Gasteiger partial charge in [0, 0.05) is 13.1 Å². The highest BCUT2D eigenvalue weighted by molar-refractivity contribution is 4.95. The van der Waals surface area contributed by atoms with Crippen LogP contribution in [0.25, 0.3) is 0 Å². The molecule has 0 rings (SSSR count). The van der Waals surface area contributed by atoms with E-state index in [0.717, 1.165) is 26.1 Å². The number of rotatable bonds is 6. The molecule has 0 amide bonds. The van der Waals surface area contributed by atoms with E-state index >= 15 is 0 Å². The molecule has 78 valence electrons. The van der Waals surface area contributed by atoms with Crippen molar-refractivity contribution in [1.29, 1.82) is 0 Å². The lowest BCUT2D eigenvalue weighted by molar-refractivity contribution is 0.227. The summed E-state index contributed by atoms with van der Waals surface area (Å²) < 4.78 is 0. The summed E-state index contributed by atoms with van der Waals surface area (Å²) in [6.45, 7) is 13.3. The van der Waals surface area contributed by atoms with Crippen molar-refractivity contribution in [3.05, 3.63) is 12.2 Å². The lowest BCUT2D eigenvalue weighted by Crippen LogP contribution is -2.37. The molecule has 0 aromatic heterocycles. The summed E-state index contributed by atoms with van der Waals surface area (Å²) in [5.74, 6) is 0. The molecule has 0 spiro atoms. The predicted octanol–water partition coefficient (Wildman–Crippen LogP) is 1.87. The van der Waals surface area contributed by atoms with Gasteiger partial charge in [0.15, 0.2) is 0 Å². The van der Waals surface area contributed by atoms with E-state index in [-0.39, 0.29) is 5.41 Å². The molecule has 0 radical (unpaired) electrons. The molecule has 0 atom stereocenters. The van der Waals surface area contributed by atoms with Gasteiger partial charge < -0.3 is 10.6 Å². The Morgan fingerprint density at radius 3 is 2.38 bits per heavy atom. The molecule has 0 aliphatic heterocycles. The molecule has 2 nitrogen and oxygen atoms in total. The Morgan fingerprint density at radius 2 is 2.00 bits per heavy atom. The molecule has 0 unspecified atom stereocenters. The van der Waals surface area contributed by atoms with Gasteiger partial charge in [-0.15, -0.1) is 0 Å². The summed E-state index contributed by atoms with van der Waals surface area (Å²) in [6.07, 6.45) is 1.06. The van der Waals surface area contributed by atoms with Gasteiger partial charge in [0.1, 0.15) is 0 Å². The molecule has 2 heteroatoms. The van der Waals surface area contributed by atoms with Gasteiger partial charge in [0.2, 0.25) is 0 Å². The van der Waals surface area contributed by atoms with E-state index in [0.29, 0.717) is 0 Å². The van der Waals surface area contributed by atoms with Gasteiger partial charge in [0.25, 0.3) is 0 Å². The monoisotopic (exact) mass is 184 g/mol. The van der Waals surface area contributed by atoms with Crippen LogP contribution in [0.5, 0.6) is 0 Å². The van der Waals surface area contributed by atoms with Crippen molar-refractivity contribution < 1.29 is 0 Å². The second-order valence-corrected chi connectivity index (χ2v) is 4.64. The molecule has 0 aliphatic carbocycles. The predicted molar refractivity (Wildman–Crippen MR) is 59.8 cm³/mol. The summed E-state index contributed by atoms with van der Waals surface area (Å²) in [6, 6.07) is 0. The number of nitrogens with two attached hydrogens (primary N) is 1. The Bertz CT molecular complexity index is 161. The Balaban J connectivity index is 3.86. The number of hydrogen-bond acceptors (Lipinski definition) is 2. The Hall–Kier alpha value is -0.340. The molecule has 0 fully saturated rings. The van der Waals surface area contributed by atoms with Crippen molar-refractivity contribution in [3.63, 3.8) is 0 Å². The smallest absolute Gasteiger partial charge is 0.0187 e. The normalized spacial score (nSPS) is 12.2. The molecular formula is C11H24N2. The van der Waals surface area contributed by atoms with E-state index in [9.17, 15) is 0 Å². The van der Waals surface area contributed by atoms with Crippen molar-refractivity contribution in [2.45, 2.75) is 27.2 Å². The Kier molecular flexibility index (Phi) is 5.26. The van der Waals surface area contributed by atoms with Gasteiger partial charge in [-0.1, -0.05) is 32.9 Å². The van der Waals surface area contributed by atoms with Crippen LogP contribution in [-0.2, 0) is 0 Å². The summed E-state index contributed by atoms with van der Waals surface area (Å²) in [5.41, 5.74) is 7.17. The van der Waals surface area contributed by atoms with Crippen molar-refractivity contribution >= 4 is 0 Å². The van der Waals surface area contributed by atoms with E-state index in [4.69, 9.17) is 5.73 Å². The minimum absolute atomic E-state index is 0.211. The first-order valence-corrected chi connectivity index (χ1v) is 4.96. The van der Waals surface area contributed by atoms with Crippen LogP contribution < -0.4 is 5.73 Å². The van der Waals surface area contributed by atoms with Crippen LogP contribution in [-0.4, -0.2) is 31.6 Å². The van der Waals surface area contributed by atoms with Crippen LogP contribution in [0.2, 0.25) is 0 Å². The molecule has 13 heavy (non-hydrogen) atoms. The van der Waals surface area contributed by atoms with Gasteiger partial charge >= 0.3 is 0 Å². The molecule has 0 saturated carbocycles. The fraction of sp³-hybridized carbons (Fsp3) is 0.818. The summed E-state index contributed by atoms with van der Waals surface area (Å²) in [7, 11) is 2.12. The second kappa shape index (κ2) is 5.40. The average Bonchev–Trinajstić information content (AvgIpc) is 2.03. The van der Waals surface area contributed by atoms with Gasteiger partial charge in [-0.25, -0.2) is 0 Å². The summed E-state index contributed by atoms with van der Waals surface area (Å²) >= 11 is 0. The third kappa shape index (κ3) is 5.83. The molecule has 0 heterocycles. The number of nitrogens with zero attached hydrogens (tertiary/aromatic N) is 1. The summed E-state index contributed by atoms with van der Waals surface area (Å²) in [4.78, 5) is 2.29. The maximum atomic E-state index is 5.67. The van der Waals surface area contributed by atoms with Crippen LogP contribution in [0.15, 0.2) is 12.2 Å². The van der Waals surface area contributed by atoms with E-state index in [1.807, 2.05) is 0 Å². The van der Waals surface area contributed by atoms with Gasteiger partial charge in [-0.05, 0) is 25.4 Å². The zero-order chi connectivity index (χ0) is 10.5. The van der Waals surface area contributed by atoms with E-state index in [1.165, 1.54) is 5.57 Å². The summed E-state index contributed by atoms with van der Waals surface area (Å²) in [5, 5.41) is 0. The average molecular weight is 184 g/mol. The lowest BCUT2D eigenvalue weighted by Gasteiger charge is -2.29. The highest BCUT2D eigenvalue weighted by Crippen LogP contribution is 2.14. The zero-order valence-corrected chi connectivity index (χ0v) is 9.56. The van der Waals surface area contributed by atoms with Crippen LogP contribution in [0, 0.1) is 5.41 Å². The number of hydrogen-bond donors (Lipinski definition) is 1. The third-order valence-corrected chi connectivity index (χ3v) is 2.24. The molecule has 0 aliphatic rings. The molecule has 0 aromatic rings. The van der Waals surface area contributed by atoms with Gasteiger partial charge in [-0.2, -0.15) is 0 Å². The fourth-order valence-corrected chi connectivity index (χ4v) is 1.34. The van der Waals surface area contributed by atoms with Crippen molar-refractivity contribution in [3.8, 4) is 0 Å². The Morgan fingerprint density at radius 1 is 1.46 bits per heavy atom. The van der Waals surface area contributed by atoms with Crippen LogP contribution in [0.3, 0.4) is 0 Å². The SMILES string of the molecule is C=C(CC)CN(C)CC(C)(C)CN. The standard InChI is InChI=1S/C11H24N2/c1-6-10(2)7-13(5)9-11(3,4)8-12/h2,6-9,12H2,1,3-5H3. The third-order valence-electron chi connectivity index (χ3n) is 2.24. The maximum Gasteiger partial charge on any atom is 0.0187 e. The first-order chi connectivity index (χ1) is 5.91. The van der Waals surface area contributed by atoms with Gasteiger partial charge in [0.05, 0.1) is 0 Å². The van der Waals surface area contributed by atoms with Crippen molar-refractivity contribution in [2.75, 3.05) is 26.7 Å². The Labute approximate surface area is 82.8 Å². The molecular weight excluding hydrogens is 160 g/mol. The van der Waals surface area contributed by atoms with Crippen LogP contribution >= 0.6 is 0 Å². The minimum Gasteiger partial charge on any atom is -0.330 e. The van der Waals surface area contributed by atoms with Crippen LogP contribution in [0.4, 0.5) is 0 Å². The largest absolute Gasteiger partial charge is 0.330 e. The first kappa shape index (κ1) is 12.7. The second-order valence-electron chi connectivity index (χ2n) is 4.64. The van der Waals surface area contributed by atoms with Crippen molar-refractivity contribution in [1.82, 2.24) is 4.90 Å². The first-order valence-electron chi connectivity index (χ1n) is 4.96. The van der Waals surface area contributed by atoms with Crippen LogP contribution in [0.1, 0.15) is 27.2 Å². The van der Waals surface area contributed by atoms with Crippen molar-refractivity contribution in [2.24, 2.45) is 11.1 Å². The highest BCUT2D eigenvalue weighted by Gasteiger charge is 2.17. The topological polar surface area (TPSA) is 29.3 Å². The van der Waals surface area contributed by atoms with E-state index in [2.05, 4.69) is 39.3 Å². The number of likely N-dealkylation sites (N-methyl/N-ethyl adjacent to an activating group) is 1.